The lowest BCUT2D eigenvalue weighted by Gasteiger charge is -2.26. The number of halogens is 4. The largest absolute Gasteiger partial charge is 0.480 e. The molecule has 0 spiro atoms. The molecule has 25 heavy (non-hydrogen) atoms. The molecule has 0 radical (unpaired) electrons. The van der Waals surface area contributed by atoms with Gasteiger partial charge in [-0.1, -0.05) is 15.9 Å². The highest BCUT2D eigenvalue weighted by molar-refractivity contribution is 9.10. The molecule has 0 saturated heterocycles. The number of carboxylic acids is 1. The summed E-state index contributed by atoms with van der Waals surface area (Å²) in [6.45, 7) is 0. The van der Waals surface area contributed by atoms with Gasteiger partial charge in [0.1, 0.15) is 12.1 Å². The average molecular weight is 421 g/mol. The summed E-state index contributed by atoms with van der Waals surface area (Å²) >= 11 is 3.31. The van der Waals surface area contributed by atoms with E-state index in [0.717, 1.165) is 4.90 Å². The quantitative estimate of drug-likeness (QED) is 0.763. The lowest BCUT2D eigenvalue weighted by atomic mass is 10.0. The molecule has 2 N–H and O–H groups in total. The van der Waals surface area contributed by atoms with Crippen LogP contribution in [0.2, 0.25) is 0 Å². The van der Waals surface area contributed by atoms with Gasteiger partial charge in [-0.3, -0.25) is 14.5 Å². The molecular weight excluding hydrogens is 409 g/mol. The minimum Gasteiger partial charge on any atom is -0.480 e. The Morgan fingerprint density at radius 2 is 1.92 bits per heavy atom. The summed E-state index contributed by atoms with van der Waals surface area (Å²) in [5.74, 6) is -4.32. The van der Waals surface area contributed by atoms with Crippen molar-refractivity contribution in [1.82, 2.24) is 5.32 Å². The first-order chi connectivity index (χ1) is 11.6. The number of aryl methyl sites for hydroxylation is 1. The summed E-state index contributed by atoms with van der Waals surface area (Å²) in [6.07, 6.45) is -4.88. The number of nitrogens with one attached hydrogen (secondary N) is 1. The maximum absolute atomic E-state index is 12.7. The fourth-order valence-corrected chi connectivity index (χ4v) is 3.81. The van der Waals surface area contributed by atoms with Gasteiger partial charge in [0.2, 0.25) is 5.91 Å². The van der Waals surface area contributed by atoms with Crippen LogP contribution in [0.4, 0.5) is 18.9 Å². The number of anilines is 1. The molecule has 3 rings (SSSR count). The molecule has 6 nitrogen and oxygen atoms in total. The Bertz CT molecular complexity index is 781. The highest BCUT2D eigenvalue weighted by Crippen LogP contribution is 2.41. The van der Waals surface area contributed by atoms with Crippen LogP contribution in [-0.4, -0.2) is 41.2 Å². The van der Waals surface area contributed by atoms with Crippen LogP contribution in [0.5, 0.6) is 0 Å². The molecule has 0 saturated carbocycles. The predicted molar refractivity (Wildman–Crippen MR) is 83.1 cm³/mol. The average Bonchev–Trinajstić information content (AvgIpc) is 2.82. The number of carboxylic acid groups (broad SMARTS) is 1. The fraction of sp³-hybridized carbons (Fsp3) is 0.400. The third-order valence-corrected chi connectivity index (χ3v) is 4.74. The normalized spacial score (nSPS) is 22.4. The Morgan fingerprint density at radius 1 is 1.28 bits per heavy atom. The van der Waals surface area contributed by atoms with Crippen molar-refractivity contribution < 1.29 is 32.7 Å². The zero-order chi connectivity index (χ0) is 18.5. The molecular formula is C15H12BrF3N2O4. The molecule has 1 aromatic rings. The molecule has 0 aromatic heterocycles. The van der Waals surface area contributed by atoms with Gasteiger partial charge in [0.15, 0.2) is 0 Å². The Morgan fingerprint density at radius 3 is 2.52 bits per heavy atom. The van der Waals surface area contributed by atoms with E-state index in [9.17, 15) is 32.7 Å². The van der Waals surface area contributed by atoms with Crippen LogP contribution in [0.3, 0.4) is 0 Å². The van der Waals surface area contributed by atoms with Crippen molar-refractivity contribution in [3.05, 3.63) is 27.7 Å². The number of carbonyl (C=O) groups excluding carboxylic acids is 2. The van der Waals surface area contributed by atoms with E-state index in [1.165, 1.54) is 0 Å². The summed E-state index contributed by atoms with van der Waals surface area (Å²) < 4.78 is 38.2. The first-order valence-electron chi connectivity index (χ1n) is 7.34. The lowest BCUT2D eigenvalue weighted by Crippen LogP contribution is -2.54. The second-order valence-corrected chi connectivity index (χ2v) is 6.82. The monoisotopic (exact) mass is 420 g/mol. The first kappa shape index (κ1) is 17.7. The topological polar surface area (TPSA) is 86.7 Å². The van der Waals surface area contributed by atoms with Crippen LogP contribution in [-0.2, 0) is 27.2 Å². The van der Waals surface area contributed by atoms with Crippen molar-refractivity contribution >= 4 is 39.4 Å². The molecule has 2 aliphatic heterocycles. The summed E-state index contributed by atoms with van der Waals surface area (Å²) in [5, 5.41) is 11.1. The highest BCUT2D eigenvalue weighted by atomic mass is 79.9. The predicted octanol–water partition coefficient (Wildman–Crippen LogP) is 1.78. The smallest absolute Gasteiger partial charge is 0.471 e. The molecule has 2 aliphatic rings. The van der Waals surface area contributed by atoms with Crippen molar-refractivity contribution in [2.45, 2.75) is 37.5 Å². The van der Waals surface area contributed by atoms with E-state index in [1.807, 2.05) is 0 Å². The molecule has 2 amide bonds. The van der Waals surface area contributed by atoms with Crippen molar-refractivity contribution in [1.29, 1.82) is 0 Å². The second kappa shape index (κ2) is 6.01. The van der Waals surface area contributed by atoms with Gasteiger partial charge in [-0.2, -0.15) is 13.2 Å². The maximum Gasteiger partial charge on any atom is 0.471 e. The van der Waals surface area contributed by atoms with E-state index in [4.69, 9.17) is 0 Å². The molecule has 0 fully saturated rings. The summed E-state index contributed by atoms with van der Waals surface area (Å²) in [4.78, 5) is 36.5. The molecule has 134 valence electrons. The van der Waals surface area contributed by atoms with E-state index in [2.05, 4.69) is 15.9 Å². The van der Waals surface area contributed by atoms with Crippen molar-refractivity contribution in [3.63, 3.8) is 0 Å². The first-order valence-corrected chi connectivity index (χ1v) is 8.13. The molecule has 2 atom stereocenters. The Kier molecular flexibility index (Phi) is 4.26. The van der Waals surface area contributed by atoms with Crippen molar-refractivity contribution in [2.24, 2.45) is 0 Å². The Hall–Kier alpha value is -2.10. The number of nitrogens with zero attached hydrogens (tertiary/aromatic N) is 1. The lowest BCUT2D eigenvalue weighted by molar-refractivity contribution is -0.174. The minimum atomic E-state index is -5.12. The third kappa shape index (κ3) is 3.10. The number of hydrogen-bond donors (Lipinski definition) is 2. The third-order valence-electron chi connectivity index (χ3n) is 4.28. The number of aliphatic carboxylic acids is 1. The highest BCUT2D eigenvalue weighted by Gasteiger charge is 2.46. The van der Waals surface area contributed by atoms with E-state index in [-0.39, 0.29) is 19.3 Å². The second-order valence-electron chi connectivity index (χ2n) is 5.90. The molecule has 0 bridgehead atoms. The van der Waals surface area contributed by atoms with Gasteiger partial charge in [-0.05, 0) is 36.1 Å². The van der Waals surface area contributed by atoms with E-state index >= 15 is 0 Å². The molecule has 2 heterocycles. The number of alkyl halides is 3. The van der Waals surface area contributed by atoms with Gasteiger partial charge in [0.25, 0.3) is 0 Å². The number of carbonyl (C=O) groups is 3. The van der Waals surface area contributed by atoms with Gasteiger partial charge in [-0.25, -0.2) is 4.79 Å². The van der Waals surface area contributed by atoms with Crippen LogP contribution in [0.25, 0.3) is 0 Å². The van der Waals surface area contributed by atoms with Gasteiger partial charge in [-0.15, -0.1) is 0 Å². The molecule has 10 heteroatoms. The van der Waals surface area contributed by atoms with Gasteiger partial charge in [0, 0.05) is 10.9 Å². The van der Waals surface area contributed by atoms with Crippen LogP contribution in [0, 0.1) is 0 Å². The van der Waals surface area contributed by atoms with E-state index < -0.39 is 36.0 Å². The van der Waals surface area contributed by atoms with Gasteiger partial charge >= 0.3 is 18.1 Å². The maximum atomic E-state index is 12.7. The molecule has 1 aromatic carbocycles. The van der Waals surface area contributed by atoms with Gasteiger partial charge in [0.05, 0.1) is 5.69 Å². The Balaban J connectivity index is 2.00. The summed E-state index contributed by atoms with van der Waals surface area (Å²) in [5.41, 5.74) is 1.71. The molecule has 0 aliphatic carbocycles. The standard InChI is InChI=1S/C15H12BrF3N2O4/c16-8-3-6-1-2-9(20-14(25)15(17,18)19)12(22)21-10(13(23)24)5-7(4-8)11(6)21/h3-4,9-10H,1-2,5H2,(H,20,25)(H,23,24)/t9-,10-/m0/s1. The van der Waals surface area contributed by atoms with Gasteiger partial charge < -0.3 is 10.4 Å². The summed E-state index contributed by atoms with van der Waals surface area (Å²) in [6, 6.07) is 0.751. The number of benzene rings is 1. The zero-order valence-electron chi connectivity index (χ0n) is 12.6. The van der Waals surface area contributed by atoms with Crippen LogP contribution in [0.1, 0.15) is 17.5 Å². The zero-order valence-corrected chi connectivity index (χ0v) is 14.1. The van der Waals surface area contributed by atoms with Crippen molar-refractivity contribution in [2.75, 3.05) is 4.90 Å². The Labute approximate surface area is 148 Å². The van der Waals surface area contributed by atoms with Crippen LogP contribution >= 0.6 is 15.9 Å². The number of hydrogen-bond acceptors (Lipinski definition) is 3. The number of rotatable bonds is 2. The fourth-order valence-electron chi connectivity index (χ4n) is 3.26. The summed E-state index contributed by atoms with van der Waals surface area (Å²) in [7, 11) is 0. The minimum absolute atomic E-state index is 0.0492. The van der Waals surface area contributed by atoms with Crippen molar-refractivity contribution in [3.8, 4) is 0 Å². The van der Waals surface area contributed by atoms with E-state index in [1.54, 1.807) is 17.4 Å². The SMILES string of the molecule is O=C(O)[C@@H]1Cc2cc(Br)cc3c2N1C(=O)[C@@H](NC(=O)C(F)(F)F)CC3. The van der Waals surface area contributed by atoms with Crippen LogP contribution in [0.15, 0.2) is 16.6 Å². The van der Waals surface area contributed by atoms with E-state index in [0.29, 0.717) is 21.3 Å². The molecule has 0 unspecified atom stereocenters. The van der Waals surface area contributed by atoms with Crippen LogP contribution < -0.4 is 10.2 Å². The number of amides is 2.